The maximum atomic E-state index is 13.7. The van der Waals surface area contributed by atoms with Crippen LogP contribution in [0.4, 0.5) is 4.39 Å². The number of halogens is 1. The van der Waals surface area contributed by atoms with Gasteiger partial charge in [-0.1, -0.05) is 30.3 Å². The molecule has 2 aromatic rings. The van der Waals surface area contributed by atoms with Crippen molar-refractivity contribution < 1.29 is 27.5 Å². The van der Waals surface area contributed by atoms with E-state index in [4.69, 9.17) is 13.8 Å². The molecule has 0 amide bonds. The molecule has 2 aromatic carbocycles. The van der Waals surface area contributed by atoms with Crippen LogP contribution in [0, 0.1) is 5.82 Å². The van der Waals surface area contributed by atoms with Gasteiger partial charge in [-0.05, 0) is 44.5 Å². The molecule has 1 aliphatic heterocycles. The predicted molar refractivity (Wildman–Crippen MR) is 112 cm³/mol. The van der Waals surface area contributed by atoms with Crippen LogP contribution in [-0.4, -0.2) is 19.2 Å². The highest BCUT2D eigenvalue weighted by atomic mass is 31.2. The van der Waals surface area contributed by atoms with Crippen molar-refractivity contribution in [3.63, 3.8) is 0 Å². The van der Waals surface area contributed by atoms with E-state index in [0.29, 0.717) is 23.6 Å². The summed E-state index contributed by atoms with van der Waals surface area (Å²) in [5, 5.41) is 3.16. The lowest BCUT2D eigenvalue weighted by Crippen LogP contribution is -2.29. The zero-order valence-corrected chi connectivity index (χ0v) is 18.1. The van der Waals surface area contributed by atoms with Crippen LogP contribution in [0.5, 0.6) is 5.75 Å². The molecule has 0 aliphatic carbocycles. The van der Waals surface area contributed by atoms with Crippen molar-refractivity contribution in [2.45, 2.75) is 33.0 Å². The summed E-state index contributed by atoms with van der Waals surface area (Å²) in [6.45, 7) is 5.85. The van der Waals surface area contributed by atoms with Crippen molar-refractivity contribution in [1.29, 1.82) is 0 Å². The first-order chi connectivity index (χ1) is 14.4. The van der Waals surface area contributed by atoms with Crippen molar-refractivity contribution >= 4 is 13.6 Å². The smallest absolute Gasteiger partial charge is 0.342 e. The first-order valence-electron chi connectivity index (χ1n) is 9.78. The van der Waals surface area contributed by atoms with Crippen LogP contribution in [-0.2, 0) is 25.0 Å². The molecule has 0 radical (unpaired) electrons. The monoisotopic (exact) mass is 433 g/mol. The molecular formula is C22H25FNO5P. The SMILES string of the molecule is CCOP(=O)(OCC)C1C(=C(C)NCc2ccc(F)cc2)C(=O)Oc2ccccc21. The number of fused-ring (bicyclic) bond motifs is 1. The molecule has 1 N–H and O–H groups in total. The maximum Gasteiger partial charge on any atom is 0.342 e. The largest absolute Gasteiger partial charge is 0.423 e. The van der Waals surface area contributed by atoms with Gasteiger partial charge in [0.1, 0.15) is 17.2 Å². The van der Waals surface area contributed by atoms with Crippen molar-refractivity contribution in [2.24, 2.45) is 0 Å². The number of para-hydroxylation sites is 1. The molecule has 0 aromatic heterocycles. The second-order valence-electron chi connectivity index (χ2n) is 6.72. The van der Waals surface area contributed by atoms with Crippen LogP contribution in [0.1, 0.15) is 37.6 Å². The summed E-state index contributed by atoms with van der Waals surface area (Å²) in [4.78, 5) is 12.9. The quantitative estimate of drug-likeness (QED) is 0.270. The fourth-order valence-electron chi connectivity index (χ4n) is 3.39. The van der Waals surface area contributed by atoms with Crippen LogP contribution in [0.2, 0.25) is 0 Å². The van der Waals surface area contributed by atoms with E-state index in [1.165, 1.54) is 12.1 Å². The fraction of sp³-hybridized carbons (Fsp3) is 0.318. The molecule has 0 saturated carbocycles. The number of hydrogen-bond acceptors (Lipinski definition) is 6. The van der Waals surface area contributed by atoms with E-state index < -0.39 is 19.2 Å². The van der Waals surface area contributed by atoms with Gasteiger partial charge in [0, 0.05) is 17.8 Å². The number of nitrogens with one attached hydrogen (secondary N) is 1. The summed E-state index contributed by atoms with van der Waals surface area (Å²) in [6, 6.07) is 13.0. The van der Waals surface area contributed by atoms with Crippen molar-refractivity contribution in [3.8, 4) is 5.75 Å². The Bertz CT molecular complexity index is 979. The van der Waals surface area contributed by atoms with E-state index in [1.807, 2.05) is 0 Å². The molecule has 160 valence electrons. The number of rotatable bonds is 8. The molecule has 0 bridgehead atoms. The Labute approximate surface area is 175 Å². The second kappa shape index (κ2) is 9.56. The van der Waals surface area contributed by atoms with Crippen LogP contribution < -0.4 is 10.1 Å². The Balaban J connectivity index is 2.04. The number of ether oxygens (including phenoxy) is 1. The average molecular weight is 433 g/mol. The standard InChI is InChI=1S/C22H25FNO5P/c1-4-27-30(26,28-5-2)21-18-8-6-7-9-19(18)29-22(25)20(21)15(3)24-14-16-10-12-17(23)13-11-16/h6-13,21,24H,4-5,14H2,1-3H3. The van der Waals surface area contributed by atoms with Gasteiger partial charge in [0.05, 0.1) is 18.8 Å². The number of carbonyl (C=O) groups is 1. The Morgan fingerprint density at radius 2 is 1.73 bits per heavy atom. The fourth-order valence-corrected chi connectivity index (χ4v) is 5.65. The second-order valence-corrected chi connectivity index (χ2v) is 8.84. The third-order valence-electron chi connectivity index (χ3n) is 4.72. The first-order valence-corrected chi connectivity index (χ1v) is 11.4. The van der Waals surface area contributed by atoms with Crippen LogP contribution in [0.3, 0.4) is 0 Å². The summed E-state index contributed by atoms with van der Waals surface area (Å²) < 4.78 is 43.6. The van der Waals surface area contributed by atoms with Crippen molar-refractivity contribution in [2.75, 3.05) is 13.2 Å². The topological polar surface area (TPSA) is 73.9 Å². The van der Waals surface area contributed by atoms with E-state index in [0.717, 1.165) is 5.56 Å². The Morgan fingerprint density at radius 1 is 1.10 bits per heavy atom. The molecule has 1 heterocycles. The summed E-state index contributed by atoms with van der Waals surface area (Å²) in [5.74, 6) is -0.597. The average Bonchev–Trinajstić information content (AvgIpc) is 2.72. The molecule has 0 saturated heterocycles. The van der Waals surface area contributed by atoms with E-state index in [2.05, 4.69) is 5.32 Å². The number of carbonyl (C=O) groups excluding carboxylic acids is 1. The van der Waals surface area contributed by atoms with E-state index in [1.54, 1.807) is 57.2 Å². The molecule has 30 heavy (non-hydrogen) atoms. The van der Waals surface area contributed by atoms with E-state index >= 15 is 0 Å². The molecule has 0 spiro atoms. The van der Waals surface area contributed by atoms with Gasteiger partial charge >= 0.3 is 13.6 Å². The van der Waals surface area contributed by atoms with Crippen molar-refractivity contribution in [3.05, 3.63) is 76.7 Å². The van der Waals surface area contributed by atoms with Gasteiger partial charge in [-0.25, -0.2) is 9.18 Å². The summed E-state index contributed by atoms with van der Waals surface area (Å²) in [6.07, 6.45) is 0. The number of benzene rings is 2. The number of allylic oxidation sites excluding steroid dienone is 1. The molecular weight excluding hydrogens is 408 g/mol. The van der Waals surface area contributed by atoms with E-state index in [9.17, 15) is 13.8 Å². The minimum atomic E-state index is -3.72. The van der Waals surface area contributed by atoms with Gasteiger partial charge < -0.3 is 19.1 Å². The van der Waals surface area contributed by atoms with Crippen LogP contribution in [0.15, 0.2) is 59.8 Å². The number of hydrogen-bond donors (Lipinski definition) is 1. The maximum absolute atomic E-state index is 13.7. The van der Waals surface area contributed by atoms with Crippen molar-refractivity contribution in [1.82, 2.24) is 5.32 Å². The first kappa shape index (κ1) is 22.2. The minimum absolute atomic E-state index is 0.167. The highest BCUT2D eigenvalue weighted by Crippen LogP contribution is 2.66. The molecule has 3 rings (SSSR count). The lowest BCUT2D eigenvalue weighted by atomic mass is 9.99. The van der Waals surface area contributed by atoms with E-state index in [-0.39, 0.29) is 24.6 Å². The molecule has 1 aliphatic rings. The Hall–Kier alpha value is -2.47. The molecule has 6 nitrogen and oxygen atoms in total. The third-order valence-corrected chi connectivity index (χ3v) is 7.12. The third kappa shape index (κ3) is 4.64. The lowest BCUT2D eigenvalue weighted by Gasteiger charge is -2.33. The summed E-state index contributed by atoms with van der Waals surface area (Å²) >= 11 is 0. The molecule has 0 fully saturated rings. The van der Waals surface area contributed by atoms with Gasteiger partial charge in [0.2, 0.25) is 0 Å². The van der Waals surface area contributed by atoms with Gasteiger partial charge in [-0.3, -0.25) is 4.57 Å². The molecule has 1 unspecified atom stereocenters. The zero-order valence-electron chi connectivity index (χ0n) is 17.2. The highest BCUT2D eigenvalue weighted by Gasteiger charge is 2.47. The van der Waals surface area contributed by atoms with Gasteiger partial charge in [0.25, 0.3) is 0 Å². The highest BCUT2D eigenvalue weighted by molar-refractivity contribution is 7.54. The summed E-state index contributed by atoms with van der Waals surface area (Å²) in [5.41, 5.74) is 1.16. The minimum Gasteiger partial charge on any atom is -0.423 e. The Kier molecular flexibility index (Phi) is 7.08. The molecule has 8 heteroatoms. The van der Waals surface area contributed by atoms with Gasteiger partial charge in [0.15, 0.2) is 0 Å². The van der Waals surface area contributed by atoms with Gasteiger partial charge in [-0.15, -0.1) is 0 Å². The molecule has 1 atom stereocenters. The van der Waals surface area contributed by atoms with Crippen LogP contribution in [0.25, 0.3) is 0 Å². The van der Waals surface area contributed by atoms with Crippen LogP contribution >= 0.6 is 7.60 Å². The van der Waals surface area contributed by atoms with Gasteiger partial charge in [-0.2, -0.15) is 0 Å². The summed E-state index contributed by atoms with van der Waals surface area (Å²) in [7, 11) is -3.72. The normalized spacial score (nSPS) is 17.9. The number of esters is 1. The lowest BCUT2D eigenvalue weighted by molar-refractivity contribution is -0.131. The predicted octanol–water partition coefficient (Wildman–Crippen LogP) is 5.12. The Morgan fingerprint density at radius 3 is 2.37 bits per heavy atom. The zero-order chi connectivity index (χ0) is 21.7.